The third-order valence-corrected chi connectivity index (χ3v) is 3.77. The summed E-state index contributed by atoms with van der Waals surface area (Å²) in [5.41, 5.74) is 1.80. The van der Waals surface area contributed by atoms with Gasteiger partial charge in [-0.25, -0.2) is 0 Å². The molecule has 6 heteroatoms. The van der Waals surface area contributed by atoms with Crippen molar-refractivity contribution in [2.24, 2.45) is 0 Å². The normalized spacial score (nSPS) is 16.4. The first-order valence-electron chi connectivity index (χ1n) is 7.65. The fourth-order valence-corrected chi connectivity index (χ4v) is 2.51. The molecule has 3 rings (SSSR count). The highest BCUT2D eigenvalue weighted by Crippen LogP contribution is 2.18. The molecule has 0 bridgehead atoms. The van der Waals surface area contributed by atoms with E-state index >= 15 is 0 Å². The van der Waals surface area contributed by atoms with Crippen molar-refractivity contribution in [3.05, 3.63) is 65.7 Å². The van der Waals surface area contributed by atoms with E-state index in [0.717, 1.165) is 5.56 Å². The highest BCUT2D eigenvalue weighted by atomic mass is 16.2. The van der Waals surface area contributed by atoms with Gasteiger partial charge in [0.15, 0.2) is 0 Å². The van der Waals surface area contributed by atoms with Gasteiger partial charge in [-0.2, -0.15) is 0 Å². The molecule has 3 amide bonds. The number of anilines is 1. The van der Waals surface area contributed by atoms with E-state index < -0.39 is 11.9 Å². The molecule has 0 radical (unpaired) electrons. The Morgan fingerprint density at radius 2 is 1.71 bits per heavy atom. The van der Waals surface area contributed by atoms with Gasteiger partial charge in [-0.3, -0.25) is 14.4 Å². The zero-order valence-corrected chi connectivity index (χ0v) is 12.9. The van der Waals surface area contributed by atoms with E-state index in [2.05, 4.69) is 16.0 Å². The van der Waals surface area contributed by atoms with Crippen molar-refractivity contribution >= 4 is 23.4 Å². The molecular weight excluding hydrogens is 306 g/mol. The second-order valence-corrected chi connectivity index (χ2v) is 5.53. The Hall–Kier alpha value is -3.15. The van der Waals surface area contributed by atoms with Crippen LogP contribution >= 0.6 is 0 Å². The first-order valence-corrected chi connectivity index (χ1v) is 7.65. The van der Waals surface area contributed by atoms with Gasteiger partial charge in [-0.05, 0) is 17.7 Å². The second kappa shape index (κ2) is 6.95. The first kappa shape index (κ1) is 15.7. The maximum Gasteiger partial charge on any atom is 0.254 e. The molecular formula is C18H17N3O3. The van der Waals surface area contributed by atoms with E-state index in [1.165, 1.54) is 0 Å². The molecule has 1 atom stereocenters. The van der Waals surface area contributed by atoms with Gasteiger partial charge in [0.2, 0.25) is 11.8 Å². The summed E-state index contributed by atoms with van der Waals surface area (Å²) in [5, 5.41) is 8.03. The molecule has 6 nitrogen and oxygen atoms in total. The van der Waals surface area contributed by atoms with Crippen molar-refractivity contribution in [2.75, 3.05) is 5.32 Å². The van der Waals surface area contributed by atoms with Crippen LogP contribution in [-0.4, -0.2) is 23.8 Å². The van der Waals surface area contributed by atoms with E-state index in [1.54, 1.807) is 24.3 Å². The van der Waals surface area contributed by atoms with E-state index in [0.29, 0.717) is 17.8 Å². The van der Waals surface area contributed by atoms with Gasteiger partial charge in [0, 0.05) is 6.54 Å². The SMILES string of the molecule is O=C(C[C@@H]1NC(=O)c2ccccc2NC1=O)NCc1ccccc1. The van der Waals surface area contributed by atoms with E-state index in [1.807, 2.05) is 30.3 Å². The quantitative estimate of drug-likeness (QED) is 0.796. The number of hydrogen-bond acceptors (Lipinski definition) is 3. The minimum Gasteiger partial charge on any atom is -0.352 e. The van der Waals surface area contributed by atoms with Crippen LogP contribution in [0.25, 0.3) is 0 Å². The van der Waals surface area contributed by atoms with Crippen LogP contribution in [0.3, 0.4) is 0 Å². The molecule has 0 saturated carbocycles. The van der Waals surface area contributed by atoms with Crippen LogP contribution in [0.2, 0.25) is 0 Å². The van der Waals surface area contributed by atoms with Crippen molar-refractivity contribution in [1.29, 1.82) is 0 Å². The molecule has 0 fully saturated rings. The predicted octanol–water partition coefficient (Wildman–Crippen LogP) is 1.44. The number of para-hydroxylation sites is 1. The van der Waals surface area contributed by atoms with Crippen molar-refractivity contribution in [3.63, 3.8) is 0 Å². The minimum absolute atomic E-state index is 0.113. The van der Waals surface area contributed by atoms with Gasteiger partial charge in [0.05, 0.1) is 17.7 Å². The fraction of sp³-hybridized carbons (Fsp3) is 0.167. The zero-order chi connectivity index (χ0) is 16.9. The summed E-state index contributed by atoms with van der Waals surface area (Å²) in [4.78, 5) is 36.5. The van der Waals surface area contributed by atoms with Crippen molar-refractivity contribution in [3.8, 4) is 0 Å². The van der Waals surface area contributed by atoms with Crippen LogP contribution < -0.4 is 16.0 Å². The molecule has 0 aliphatic carbocycles. The molecule has 0 aromatic heterocycles. The monoisotopic (exact) mass is 323 g/mol. The average molecular weight is 323 g/mol. The molecule has 24 heavy (non-hydrogen) atoms. The first-order chi connectivity index (χ1) is 11.6. The number of fused-ring (bicyclic) bond motifs is 1. The average Bonchev–Trinajstić information content (AvgIpc) is 2.71. The summed E-state index contributed by atoms with van der Waals surface area (Å²) in [6, 6.07) is 15.3. The van der Waals surface area contributed by atoms with Gasteiger partial charge in [-0.15, -0.1) is 0 Å². The molecule has 1 aliphatic rings. The van der Waals surface area contributed by atoms with Gasteiger partial charge >= 0.3 is 0 Å². The number of nitrogens with one attached hydrogen (secondary N) is 3. The highest BCUT2D eigenvalue weighted by Gasteiger charge is 2.29. The second-order valence-electron chi connectivity index (χ2n) is 5.53. The van der Waals surface area contributed by atoms with Crippen LogP contribution in [0.4, 0.5) is 5.69 Å². The molecule has 2 aromatic carbocycles. The third kappa shape index (κ3) is 3.60. The van der Waals surface area contributed by atoms with Gasteiger partial charge in [-0.1, -0.05) is 42.5 Å². The Bertz CT molecular complexity index is 774. The lowest BCUT2D eigenvalue weighted by Crippen LogP contribution is -2.44. The lowest BCUT2D eigenvalue weighted by atomic mass is 10.1. The Balaban J connectivity index is 1.62. The van der Waals surface area contributed by atoms with E-state index in [4.69, 9.17) is 0 Å². The number of carbonyl (C=O) groups is 3. The molecule has 0 spiro atoms. The lowest BCUT2D eigenvalue weighted by molar-refractivity contribution is -0.125. The number of hydrogen-bond donors (Lipinski definition) is 3. The van der Waals surface area contributed by atoms with E-state index in [9.17, 15) is 14.4 Å². The smallest absolute Gasteiger partial charge is 0.254 e. The molecule has 2 aromatic rings. The topological polar surface area (TPSA) is 87.3 Å². The Morgan fingerprint density at radius 1 is 1.00 bits per heavy atom. The number of rotatable bonds is 4. The maximum atomic E-state index is 12.2. The van der Waals surface area contributed by atoms with Crippen LogP contribution in [0.5, 0.6) is 0 Å². The summed E-state index contributed by atoms with van der Waals surface area (Å²) >= 11 is 0. The molecule has 0 saturated heterocycles. The molecule has 0 unspecified atom stereocenters. The van der Waals surface area contributed by atoms with E-state index in [-0.39, 0.29) is 18.2 Å². The van der Waals surface area contributed by atoms with Gasteiger partial charge < -0.3 is 16.0 Å². The zero-order valence-electron chi connectivity index (χ0n) is 12.9. The predicted molar refractivity (Wildman–Crippen MR) is 89.2 cm³/mol. The maximum absolute atomic E-state index is 12.2. The fourth-order valence-electron chi connectivity index (χ4n) is 2.51. The Morgan fingerprint density at radius 3 is 2.50 bits per heavy atom. The standard InChI is InChI=1S/C18H17N3O3/c22-16(19-11-12-6-2-1-3-7-12)10-15-18(24)20-14-9-5-4-8-13(14)17(23)21-15/h1-9,15H,10-11H2,(H,19,22)(H,20,24)(H,21,23)/t15-/m0/s1. The molecule has 1 aliphatic heterocycles. The number of benzene rings is 2. The van der Waals surface area contributed by atoms with Crippen molar-refractivity contribution in [1.82, 2.24) is 10.6 Å². The number of carbonyl (C=O) groups excluding carboxylic acids is 3. The van der Waals surface area contributed by atoms with Crippen molar-refractivity contribution < 1.29 is 14.4 Å². The number of amides is 3. The highest BCUT2D eigenvalue weighted by molar-refractivity contribution is 6.10. The Kier molecular flexibility index (Phi) is 4.56. The van der Waals surface area contributed by atoms with Crippen LogP contribution in [0, 0.1) is 0 Å². The summed E-state index contributed by atoms with van der Waals surface area (Å²) in [7, 11) is 0. The summed E-state index contributed by atoms with van der Waals surface area (Å²) in [5.74, 6) is -1.07. The van der Waals surface area contributed by atoms with Crippen molar-refractivity contribution in [2.45, 2.75) is 19.0 Å². The van der Waals surface area contributed by atoms with Crippen LogP contribution in [0.1, 0.15) is 22.3 Å². The molecule has 1 heterocycles. The Labute approximate surface area is 139 Å². The van der Waals surface area contributed by atoms with Crippen LogP contribution in [-0.2, 0) is 16.1 Å². The lowest BCUT2D eigenvalue weighted by Gasteiger charge is -2.14. The molecule has 3 N–H and O–H groups in total. The van der Waals surface area contributed by atoms with Gasteiger partial charge in [0.1, 0.15) is 6.04 Å². The molecule has 122 valence electrons. The summed E-state index contributed by atoms with van der Waals surface area (Å²) in [6.45, 7) is 0.377. The van der Waals surface area contributed by atoms with Crippen LogP contribution in [0.15, 0.2) is 54.6 Å². The van der Waals surface area contributed by atoms with Gasteiger partial charge in [0.25, 0.3) is 5.91 Å². The largest absolute Gasteiger partial charge is 0.352 e. The summed E-state index contributed by atoms with van der Waals surface area (Å²) in [6.07, 6.45) is -0.113. The summed E-state index contributed by atoms with van der Waals surface area (Å²) < 4.78 is 0. The third-order valence-electron chi connectivity index (χ3n) is 3.77. The minimum atomic E-state index is -0.902.